The molecule has 1 fully saturated rings. The standard InChI is InChI=1S/C15H17N5O2S/c16-13-5-4-12(20(21)22)15(18-13)19-9-6-11(7-10-19)23-14-3-1-2-8-17-14/h1-5,8,11H,6-7,9-10H2,(H2,16,18). The van der Waals surface area contributed by atoms with E-state index in [1.807, 2.05) is 23.1 Å². The maximum atomic E-state index is 11.2. The van der Waals surface area contributed by atoms with E-state index < -0.39 is 4.92 Å². The number of nitrogens with two attached hydrogens (primary N) is 1. The Morgan fingerprint density at radius 1 is 1.26 bits per heavy atom. The number of anilines is 2. The molecule has 2 N–H and O–H groups in total. The Morgan fingerprint density at radius 3 is 2.70 bits per heavy atom. The van der Waals surface area contributed by atoms with Gasteiger partial charge in [0.05, 0.1) is 9.95 Å². The smallest absolute Gasteiger partial charge is 0.311 e. The number of nitrogen functional groups attached to an aromatic ring is 1. The van der Waals surface area contributed by atoms with E-state index >= 15 is 0 Å². The van der Waals surface area contributed by atoms with Crippen molar-refractivity contribution < 1.29 is 4.92 Å². The molecule has 0 unspecified atom stereocenters. The number of hydrogen-bond donors (Lipinski definition) is 1. The van der Waals surface area contributed by atoms with Crippen LogP contribution in [0, 0.1) is 10.1 Å². The van der Waals surface area contributed by atoms with Gasteiger partial charge in [0.1, 0.15) is 5.82 Å². The lowest BCUT2D eigenvalue weighted by Crippen LogP contribution is -2.35. The number of hydrogen-bond acceptors (Lipinski definition) is 7. The molecule has 0 spiro atoms. The predicted octanol–water partition coefficient (Wildman–Crippen LogP) is 2.73. The lowest BCUT2D eigenvalue weighted by Gasteiger charge is -2.32. The monoisotopic (exact) mass is 331 g/mol. The first-order chi connectivity index (χ1) is 11.1. The summed E-state index contributed by atoms with van der Waals surface area (Å²) in [4.78, 5) is 21.2. The summed E-state index contributed by atoms with van der Waals surface area (Å²) in [7, 11) is 0. The van der Waals surface area contributed by atoms with Gasteiger partial charge in [-0.05, 0) is 31.0 Å². The topological polar surface area (TPSA) is 98.2 Å². The van der Waals surface area contributed by atoms with E-state index in [4.69, 9.17) is 5.73 Å². The van der Waals surface area contributed by atoms with Gasteiger partial charge in [0, 0.05) is 30.6 Å². The summed E-state index contributed by atoms with van der Waals surface area (Å²) < 4.78 is 0. The third-order valence-electron chi connectivity index (χ3n) is 3.74. The van der Waals surface area contributed by atoms with Crippen LogP contribution in [0.15, 0.2) is 41.6 Å². The summed E-state index contributed by atoms with van der Waals surface area (Å²) >= 11 is 1.76. The van der Waals surface area contributed by atoms with Crippen molar-refractivity contribution in [1.29, 1.82) is 0 Å². The molecule has 1 aliphatic rings. The molecule has 2 aromatic rings. The van der Waals surface area contributed by atoms with Crippen LogP contribution in [0.3, 0.4) is 0 Å². The predicted molar refractivity (Wildman–Crippen MR) is 90.6 cm³/mol. The van der Waals surface area contributed by atoms with Gasteiger partial charge in [-0.15, -0.1) is 11.8 Å². The van der Waals surface area contributed by atoms with Crippen molar-refractivity contribution >= 4 is 29.1 Å². The van der Waals surface area contributed by atoms with Crippen molar-refractivity contribution in [2.45, 2.75) is 23.1 Å². The molecule has 2 aromatic heterocycles. The van der Waals surface area contributed by atoms with Crippen molar-refractivity contribution in [3.05, 3.63) is 46.6 Å². The Morgan fingerprint density at radius 2 is 2.04 bits per heavy atom. The van der Waals surface area contributed by atoms with Crippen molar-refractivity contribution in [3.8, 4) is 0 Å². The van der Waals surface area contributed by atoms with Gasteiger partial charge < -0.3 is 10.6 Å². The molecule has 7 nitrogen and oxygen atoms in total. The van der Waals surface area contributed by atoms with Gasteiger partial charge in [0.15, 0.2) is 0 Å². The normalized spacial score (nSPS) is 15.6. The molecule has 0 aromatic carbocycles. The Hall–Kier alpha value is -2.35. The van der Waals surface area contributed by atoms with Crippen LogP contribution in [0.2, 0.25) is 0 Å². The highest BCUT2D eigenvalue weighted by atomic mass is 32.2. The van der Waals surface area contributed by atoms with E-state index in [9.17, 15) is 10.1 Å². The SMILES string of the molecule is Nc1ccc([N+](=O)[O-])c(N2CCC(Sc3ccccn3)CC2)n1. The van der Waals surface area contributed by atoms with Gasteiger partial charge in [0.2, 0.25) is 5.82 Å². The van der Waals surface area contributed by atoms with E-state index in [1.165, 1.54) is 12.1 Å². The molecule has 23 heavy (non-hydrogen) atoms. The molecule has 1 saturated heterocycles. The maximum absolute atomic E-state index is 11.2. The van der Waals surface area contributed by atoms with E-state index in [2.05, 4.69) is 9.97 Å². The second-order valence-corrected chi connectivity index (χ2v) is 6.63. The Labute approximate surface area is 138 Å². The molecule has 0 aliphatic carbocycles. The molecule has 0 atom stereocenters. The fraction of sp³-hybridized carbons (Fsp3) is 0.333. The fourth-order valence-electron chi connectivity index (χ4n) is 2.60. The van der Waals surface area contributed by atoms with Crippen LogP contribution in [0.25, 0.3) is 0 Å². The molecule has 0 radical (unpaired) electrons. The zero-order chi connectivity index (χ0) is 16.2. The summed E-state index contributed by atoms with van der Waals surface area (Å²) in [6.07, 6.45) is 3.64. The molecule has 0 bridgehead atoms. The number of thioether (sulfide) groups is 1. The van der Waals surface area contributed by atoms with Crippen LogP contribution in [0.4, 0.5) is 17.3 Å². The Kier molecular flexibility index (Phi) is 4.61. The first-order valence-corrected chi connectivity index (χ1v) is 8.25. The number of rotatable bonds is 4. The molecule has 3 rings (SSSR count). The summed E-state index contributed by atoms with van der Waals surface area (Å²) in [6, 6.07) is 8.76. The van der Waals surface area contributed by atoms with Gasteiger partial charge >= 0.3 is 5.69 Å². The highest BCUT2D eigenvalue weighted by Crippen LogP contribution is 2.33. The third-order valence-corrected chi connectivity index (χ3v) is 5.03. The summed E-state index contributed by atoms with van der Waals surface area (Å²) in [6.45, 7) is 1.45. The first kappa shape index (κ1) is 15.5. The summed E-state index contributed by atoms with van der Waals surface area (Å²) in [5.74, 6) is 0.673. The van der Waals surface area contributed by atoms with Crippen LogP contribution in [0.5, 0.6) is 0 Å². The number of piperidine rings is 1. The molecule has 120 valence electrons. The highest BCUT2D eigenvalue weighted by molar-refractivity contribution is 7.99. The number of pyridine rings is 2. The molecule has 3 heterocycles. The largest absolute Gasteiger partial charge is 0.384 e. The zero-order valence-corrected chi connectivity index (χ0v) is 13.3. The minimum absolute atomic E-state index is 0.00929. The van der Waals surface area contributed by atoms with Crippen molar-refractivity contribution in [2.24, 2.45) is 0 Å². The molecule has 0 amide bonds. The van der Waals surface area contributed by atoms with Gasteiger partial charge in [-0.25, -0.2) is 9.97 Å². The second-order valence-electron chi connectivity index (χ2n) is 5.31. The van der Waals surface area contributed by atoms with E-state index in [0.717, 1.165) is 31.0 Å². The van der Waals surface area contributed by atoms with Crippen LogP contribution < -0.4 is 10.6 Å². The van der Waals surface area contributed by atoms with Gasteiger partial charge in [-0.3, -0.25) is 10.1 Å². The quantitative estimate of drug-likeness (QED) is 0.679. The minimum atomic E-state index is -0.406. The lowest BCUT2D eigenvalue weighted by molar-refractivity contribution is -0.384. The maximum Gasteiger partial charge on any atom is 0.311 e. The van der Waals surface area contributed by atoms with Gasteiger partial charge in [-0.1, -0.05) is 6.07 Å². The average molecular weight is 331 g/mol. The lowest BCUT2D eigenvalue weighted by atomic mass is 10.1. The molecular formula is C15H17N5O2S. The molecule has 8 heteroatoms. The van der Waals surface area contributed by atoms with Crippen molar-refractivity contribution in [1.82, 2.24) is 9.97 Å². The van der Waals surface area contributed by atoms with E-state index in [-0.39, 0.29) is 5.69 Å². The zero-order valence-electron chi connectivity index (χ0n) is 12.5. The molecular weight excluding hydrogens is 314 g/mol. The molecule has 1 aliphatic heterocycles. The van der Waals surface area contributed by atoms with Crippen molar-refractivity contribution in [3.63, 3.8) is 0 Å². The highest BCUT2D eigenvalue weighted by Gasteiger charge is 2.26. The summed E-state index contributed by atoms with van der Waals surface area (Å²) in [5.41, 5.74) is 5.70. The Balaban J connectivity index is 1.67. The van der Waals surface area contributed by atoms with Gasteiger partial charge in [-0.2, -0.15) is 0 Å². The minimum Gasteiger partial charge on any atom is -0.384 e. The van der Waals surface area contributed by atoms with Crippen LogP contribution >= 0.6 is 11.8 Å². The fourth-order valence-corrected chi connectivity index (χ4v) is 3.67. The van der Waals surface area contributed by atoms with Crippen LogP contribution in [0.1, 0.15) is 12.8 Å². The number of aromatic nitrogens is 2. The van der Waals surface area contributed by atoms with Gasteiger partial charge in [0.25, 0.3) is 0 Å². The average Bonchev–Trinajstić information content (AvgIpc) is 2.56. The van der Waals surface area contributed by atoms with Crippen LogP contribution in [-0.4, -0.2) is 33.2 Å². The van der Waals surface area contributed by atoms with E-state index in [1.54, 1.807) is 18.0 Å². The van der Waals surface area contributed by atoms with Crippen LogP contribution in [-0.2, 0) is 0 Å². The van der Waals surface area contributed by atoms with Crippen molar-refractivity contribution in [2.75, 3.05) is 23.7 Å². The second kappa shape index (κ2) is 6.82. The summed E-state index contributed by atoms with van der Waals surface area (Å²) in [5, 5.41) is 12.6. The Bertz CT molecular complexity index is 690. The molecule has 0 saturated carbocycles. The third kappa shape index (κ3) is 3.70. The number of nitrogens with zero attached hydrogens (tertiary/aromatic N) is 4. The number of nitro groups is 1. The van der Waals surface area contributed by atoms with E-state index in [0.29, 0.717) is 16.9 Å². The first-order valence-electron chi connectivity index (χ1n) is 7.37.